The highest BCUT2D eigenvalue weighted by Crippen LogP contribution is 2.31. The van der Waals surface area contributed by atoms with E-state index in [2.05, 4.69) is 6.92 Å². The van der Waals surface area contributed by atoms with Gasteiger partial charge < -0.3 is 5.11 Å². The highest BCUT2D eigenvalue weighted by Gasteiger charge is 2.23. The summed E-state index contributed by atoms with van der Waals surface area (Å²) in [5.74, 6) is 0.293. The maximum absolute atomic E-state index is 10.8. The van der Waals surface area contributed by atoms with Crippen molar-refractivity contribution in [1.29, 1.82) is 0 Å². The summed E-state index contributed by atoms with van der Waals surface area (Å²) in [5.41, 5.74) is 0. The molecule has 0 saturated heterocycles. The molecule has 2 atom stereocenters. The van der Waals surface area contributed by atoms with Gasteiger partial charge in [-0.15, -0.1) is 0 Å². The highest BCUT2D eigenvalue weighted by atomic mass is 16.4. The molecule has 0 aromatic rings. The molecule has 0 radical (unpaired) electrons. The Balaban J connectivity index is 2.31. The third-order valence-corrected chi connectivity index (χ3v) is 3.67. The zero-order valence-electron chi connectivity index (χ0n) is 9.33. The number of hydrogen-bond donors (Lipinski definition) is 1. The van der Waals surface area contributed by atoms with Crippen molar-refractivity contribution < 1.29 is 9.90 Å². The minimum atomic E-state index is -0.645. The minimum absolute atomic E-state index is 0.183. The zero-order valence-corrected chi connectivity index (χ0v) is 9.33. The van der Waals surface area contributed by atoms with Gasteiger partial charge in [-0.1, -0.05) is 46.0 Å². The van der Waals surface area contributed by atoms with E-state index in [4.69, 9.17) is 5.11 Å². The molecule has 0 aromatic carbocycles. The lowest BCUT2D eigenvalue weighted by molar-refractivity contribution is -0.142. The van der Waals surface area contributed by atoms with E-state index in [1.165, 1.54) is 32.1 Å². The Morgan fingerprint density at radius 3 is 2.36 bits per heavy atom. The fourth-order valence-electron chi connectivity index (χ4n) is 2.40. The molecule has 1 N–H and O–H groups in total. The molecular weight excluding hydrogens is 176 g/mol. The van der Waals surface area contributed by atoms with Crippen molar-refractivity contribution >= 4 is 5.97 Å². The SMILES string of the molecule is CC(CC1CCCCC1)C(C)C(=O)O. The number of carboxylic acid groups (broad SMARTS) is 1. The maximum atomic E-state index is 10.8. The standard InChI is InChI=1S/C12H22O2/c1-9(10(2)12(13)14)8-11-6-4-3-5-7-11/h9-11H,3-8H2,1-2H3,(H,13,14). The third-order valence-electron chi connectivity index (χ3n) is 3.67. The average molecular weight is 198 g/mol. The predicted octanol–water partition coefficient (Wildman–Crippen LogP) is 3.31. The average Bonchev–Trinajstić information content (AvgIpc) is 2.18. The van der Waals surface area contributed by atoms with Gasteiger partial charge in [-0.2, -0.15) is 0 Å². The van der Waals surface area contributed by atoms with E-state index in [0.717, 1.165) is 12.3 Å². The van der Waals surface area contributed by atoms with Gasteiger partial charge in [-0.05, 0) is 18.3 Å². The molecule has 1 aliphatic carbocycles. The van der Waals surface area contributed by atoms with E-state index >= 15 is 0 Å². The van der Waals surface area contributed by atoms with Gasteiger partial charge in [0.2, 0.25) is 0 Å². The lowest BCUT2D eigenvalue weighted by atomic mass is 9.80. The van der Waals surface area contributed by atoms with Gasteiger partial charge in [0.15, 0.2) is 0 Å². The largest absolute Gasteiger partial charge is 0.481 e. The Labute approximate surface area is 86.7 Å². The smallest absolute Gasteiger partial charge is 0.306 e. The van der Waals surface area contributed by atoms with Gasteiger partial charge >= 0.3 is 5.97 Å². The molecular formula is C12H22O2. The normalized spacial score (nSPS) is 23.0. The fraction of sp³-hybridized carbons (Fsp3) is 0.917. The molecule has 0 spiro atoms. The van der Waals surface area contributed by atoms with E-state index in [-0.39, 0.29) is 5.92 Å². The Hall–Kier alpha value is -0.530. The lowest BCUT2D eigenvalue weighted by Gasteiger charge is -2.26. The summed E-state index contributed by atoms with van der Waals surface area (Å²) in [7, 11) is 0. The van der Waals surface area contributed by atoms with E-state index < -0.39 is 5.97 Å². The van der Waals surface area contributed by atoms with E-state index in [0.29, 0.717) is 5.92 Å². The summed E-state index contributed by atoms with van der Waals surface area (Å²) in [6.07, 6.45) is 7.80. The van der Waals surface area contributed by atoms with Crippen LogP contribution in [-0.4, -0.2) is 11.1 Å². The quantitative estimate of drug-likeness (QED) is 0.752. The first-order valence-corrected chi connectivity index (χ1v) is 5.84. The molecule has 1 aliphatic rings. The molecule has 0 amide bonds. The van der Waals surface area contributed by atoms with Crippen LogP contribution in [0.4, 0.5) is 0 Å². The minimum Gasteiger partial charge on any atom is -0.481 e. The van der Waals surface area contributed by atoms with Gasteiger partial charge in [-0.3, -0.25) is 4.79 Å². The number of carboxylic acids is 1. The lowest BCUT2D eigenvalue weighted by Crippen LogP contribution is -2.21. The predicted molar refractivity (Wildman–Crippen MR) is 57.2 cm³/mol. The molecule has 0 heterocycles. The van der Waals surface area contributed by atoms with Crippen molar-refractivity contribution in [3.05, 3.63) is 0 Å². The molecule has 1 fully saturated rings. The second kappa shape index (κ2) is 5.38. The molecule has 0 aliphatic heterocycles. The molecule has 2 nitrogen and oxygen atoms in total. The zero-order chi connectivity index (χ0) is 10.6. The Bertz CT molecular complexity index is 183. The van der Waals surface area contributed by atoms with Gasteiger partial charge in [0, 0.05) is 0 Å². The van der Waals surface area contributed by atoms with E-state index in [9.17, 15) is 4.79 Å². The van der Waals surface area contributed by atoms with Crippen molar-refractivity contribution in [2.24, 2.45) is 17.8 Å². The van der Waals surface area contributed by atoms with Crippen LogP contribution < -0.4 is 0 Å². The van der Waals surface area contributed by atoms with Crippen molar-refractivity contribution in [2.45, 2.75) is 52.4 Å². The molecule has 0 bridgehead atoms. The monoisotopic (exact) mass is 198 g/mol. The van der Waals surface area contributed by atoms with E-state index in [1.54, 1.807) is 0 Å². The summed E-state index contributed by atoms with van der Waals surface area (Å²) in [6, 6.07) is 0. The van der Waals surface area contributed by atoms with Gasteiger partial charge in [0.1, 0.15) is 0 Å². The molecule has 0 aromatic heterocycles. The Kier molecular flexibility index (Phi) is 4.43. The maximum Gasteiger partial charge on any atom is 0.306 e. The third kappa shape index (κ3) is 3.32. The van der Waals surface area contributed by atoms with Gasteiger partial charge in [-0.25, -0.2) is 0 Å². The first-order chi connectivity index (χ1) is 6.61. The van der Waals surface area contributed by atoms with Gasteiger partial charge in [0.05, 0.1) is 5.92 Å². The van der Waals surface area contributed by atoms with Crippen LogP contribution in [0.15, 0.2) is 0 Å². The summed E-state index contributed by atoms with van der Waals surface area (Å²) >= 11 is 0. The van der Waals surface area contributed by atoms with Gasteiger partial charge in [0.25, 0.3) is 0 Å². The van der Waals surface area contributed by atoms with Crippen molar-refractivity contribution in [3.8, 4) is 0 Å². The van der Waals surface area contributed by atoms with Crippen LogP contribution in [0.1, 0.15) is 52.4 Å². The number of hydrogen-bond acceptors (Lipinski definition) is 1. The summed E-state index contributed by atoms with van der Waals surface area (Å²) in [6.45, 7) is 3.91. The summed E-state index contributed by atoms with van der Waals surface area (Å²) in [5, 5.41) is 8.88. The second-order valence-electron chi connectivity index (χ2n) is 4.84. The Morgan fingerprint density at radius 2 is 1.86 bits per heavy atom. The van der Waals surface area contributed by atoms with E-state index in [1.807, 2.05) is 6.92 Å². The second-order valence-corrected chi connectivity index (χ2v) is 4.84. The summed E-state index contributed by atoms with van der Waals surface area (Å²) in [4.78, 5) is 10.8. The topological polar surface area (TPSA) is 37.3 Å². The van der Waals surface area contributed by atoms with Crippen molar-refractivity contribution in [1.82, 2.24) is 0 Å². The van der Waals surface area contributed by atoms with Crippen LogP contribution in [0.3, 0.4) is 0 Å². The number of carbonyl (C=O) groups is 1. The molecule has 82 valence electrons. The first kappa shape index (κ1) is 11.5. The van der Waals surface area contributed by atoms with Crippen LogP contribution in [0.25, 0.3) is 0 Å². The first-order valence-electron chi connectivity index (χ1n) is 5.84. The Morgan fingerprint density at radius 1 is 1.29 bits per heavy atom. The van der Waals surface area contributed by atoms with Crippen LogP contribution in [0.5, 0.6) is 0 Å². The van der Waals surface area contributed by atoms with Crippen molar-refractivity contribution in [2.75, 3.05) is 0 Å². The van der Waals surface area contributed by atoms with Crippen LogP contribution in [-0.2, 0) is 4.79 Å². The number of aliphatic carboxylic acids is 1. The molecule has 1 rings (SSSR count). The van der Waals surface area contributed by atoms with Crippen LogP contribution in [0.2, 0.25) is 0 Å². The fourth-order valence-corrected chi connectivity index (χ4v) is 2.40. The summed E-state index contributed by atoms with van der Waals surface area (Å²) < 4.78 is 0. The molecule has 14 heavy (non-hydrogen) atoms. The highest BCUT2D eigenvalue weighted by molar-refractivity contribution is 5.69. The van der Waals surface area contributed by atoms with Crippen LogP contribution >= 0.6 is 0 Å². The molecule has 1 saturated carbocycles. The number of rotatable bonds is 4. The van der Waals surface area contributed by atoms with Crippen LogP contribution in [0, 0.1) is 17.8 Å². The molecule has 2 unspecified atom stereocenters. The van der Waals surface area contributed by atoms with Crippen molar-refractivity contribution in [3.63, 3.8) is 0 Å². The molecule has 2 heteroatoms.